The van der Waals surface area contributed by atoms with Crippen molar-refractivity contribution in [2.45, 2.75) is 46.6 Å². The van der Waals surface area contributed by atoms with Crippen LogP contribution in [-0.4, -0.2) is 54.7 Å². The van der Waals surface area contributed by atoms with Gasteiger partial charge < -0.3 is 10.1 Å². The highest BCUT2D eigenvalue weighted by Gasteiger charge is 2.23. The Morgan fingerprint density at radius 1 is 1.43 bits per heavy atom. The molecule has 23 heavy (non-hydrogen) atoms. The summed E-state index contributed by atoms with van der Waals surface area (Å²) in [5, 5.41) is 4.03. The molecule has 130 valence electrons. The van der Waals surface area contributed by atoms with Gasteiger partial charge in [0.15, 0.2) is 0 Å². The molecule has 1 saturated heterocycles. The molecule has 0 saturated carbocycles. The molecule has 1 amide bonds. The molecular formula is C17H29N3O2S. The number of nitrogens with one attached hydrogen (secondary N) is 1. The van der Waals surface area contributed by atoms with Crippen LogP contribution in [-0.2, 0) is 4.74 Å². The van der Waals surface area contributed by atoms with Crippen LogP contribution in [0.1, 0.15) is 54.0 Å². The second-order valence-electron chi connectivity index (χ2n) is 6.98. The number of carbonyl (C=O) groups excluding carboxylic acids is 1. The first-order valence-electron chi connectivity index (χ1n) is 8.46. The van der Waals surface area contributed by atoms with Gasteiger partial charge in [0.25, 0.3) is 5.91 Å². The maximum atomic E-state index is 12.4. The third-order valence-electron chi connectivity index (χ3n) is 3.85. The molecule has 0 unspecified atom stereocenters. The number of aromatic nitrogens is 1. The van der Waals surface area contributed by atoms with E-state index in [1.54, 1.807) is 0 Å². The Hall–Kier alpha value is -0.980. The Bertz CT molecular complexity index is 528. The van der Waals surface area contributed by atoms with Gasteiger partial charge in [-0.25, -0.2) is 4.98 Å². The van der Waals surface area contributed by atoms with Crippen molar-refractivity contribution in [1.29, 1.82) is 0 Å². The number of thiazole rings is 1. The zero-order valence-corrected chi connectivity index (χ0v) is 15.7. The van der Waals surface area contributed by atoms with Gasteiger partial charge in [-0.2, -0.15) is 0 Å². The lowest BCUT2D eigenvalue weighted by atomic mass is 10.2. The Kier molecular flexibility index (Phi) is 6.56. The van der Waals surface area contributed by atoms with E-state index >= 15 is 0 Å². The highest BCUT2D eigenvalue weighted by molar-refractivity contribution is 7.13. The predicted molar refractivity (Wildman–Crippen MR) is 94.3 cm³/mol. The lowest BCUT2D eigenvalue weighted by Crippen LogP contribution is -2.48. The Morgan fingerprint density at radius 3 is 2.78 bits per heavy atom. The van der Waals surface area contributed by atoms with E-state index in [-0.39, 0.29) is 12.0 Å². The van der Waals surface area contributed by atoms with Crippen LogP contribution < -0.4 is 5.32 Å². The Balaban J connectivity index is 1.86. The number of morpholine rings is 1. The number of carbonyl (C=O) groups is 1. The van der Waals surface area contributed by atoms with E-state index in [2.05, 4.69) is 42.9 Å². The van der Waals surface area contributed by atoms with Crippen LogP contribution in [0.4, 0.5) is 0 Å². The topological polar surface area (TPSA) is 54.5 Å². The molecule has 1 aliphatic heterocycles. The number of ether oxygens (including phenoxy) is 1. The van der Waals surface area contributed by atoms with Gasteiger partial charge in [-0.05, 0) is 12.8 Å². The molecule has 0 bridgehead atoms. The molecule has 1 fully saturated rings. The zero-order chi connectivity index (χ0) is 17.0. The molecular weight excluding hydrogens is 310 g/mol. The lowest BCUT2D eigenvalue weighted by Gasteiger charge is -2.33. The SMILES string of the molecule is Cc1nc(C(C)C)sc1C(=O)NC[C@H]1CN(CC(C)C)CCO1. The average molecular weight is 340 g/mol. The fourth-order valence-electron chi connectivity index (χ4n) is 2.75. The summed E-state index contributed by atoms with van der Waals surface area (Å²) in [4.78, 5) is 20.0. The maximum Gasteiger partial charge on any atom is 0.263 e. The van der Waals surface area contributed by atoms with Crippen molar-refractivity contribution >= 4 is 17.2 Å². The quantitative estimate of drug-likeness (QED) is 0.866. The molecule has 1 N–H and O–H groups in total. The highest BCUT2D eigenvalue weighted by atomic mass is 32.1. The van der Waals surface area contributed by atoms with E-state index < -0.39 is 0 Å². The van der Waals surface area contributed by atoms with E-state index in [0.29, 0.717) is 18.4 Å². The van der Waals surface area contributed by atoms with Gasteiger partial charge in [-0.15, -0.1) is 11.3 Å². The fraction of sp³-hybridized carbons (Fsp3) is 0.765. The molecule has 2 heterocycles. The second kappa shape index (κ2) is 8.22. The second-order valence-corrected chi connectivity index (χ2v) is 8.01. The normalized spacial score (nSPS) is 19.5. The van der Waals surface area contributed by atoms with Crippen molar-refractivity contribution in [3.63, 3.8) is 0 Å². The molecule has 0 aliphatic carbocycles. The minimum absolute atomic E-state index is 0.0310. The zero-order valence-electron chi connectivity index (χ0n) is 14.9. The van der Waals surface area contributed by atoms with Crippen LogP contribution in [0.5, 0.6) is 0 Å². The number of nitrogens with zero attached hydrogens (tertiary/aromatic N) is 2. The van der Waals surface area contributed by atoms with Crippen LogP contribution in [0.2, 0.25) is 0 Å². The van der Waals surface area contributed by atoms with Crippen LogP contribution in [0.3, 0.4) is 0 Å². The molecule has 1 aromatic rings. The minimum atomic E-state index is -0.0310. The van der Waals surface area contributed by atoms with Crippen molar-refractivity contribution in [3.05, 3.63) is 15.6 Å². The molecule has 6 heteroatoms. The number of hydrogen-bond donors (Lipinski definition) is 1. The first-order valence-corrected chi connectivity index (χ1v) is 9.28. The Morgan fingerprint density at radius 2 is 2.17 bits per heavy atom. The lowest BCUT2D eigenvalue weighted by molar-refractivity contribution is -0.0295. The smallest absolute Gasteiger partial charge is 0.263 e. The van der Waals surface area contributed by atoms with Crippen molar-refractivity contribution in [1.82, 2.24) is 15.2 Å². The fourth-order valence-corrected chi connectivity index (χ4v) is 3.73. The number of aryl methyl sites for hydroxylation is 1. The summed E-state index contributed by atoms with van der Waals surface area (Å²) in [5.41, 5.74) is 0.821. The molecule has 1 aromatic heterocycles. The van der Waals surface area contributed by atoms with Gasteiger partial charge in [-0.1, -0.05) is 27.7 Å². The minimum Gasteiger partial charge on any atom is -0.374 e. The van der Waals surface area contributed by atoms with Crippen LogP contribution in [0.25, 0.3) is 0 Å². The average Bonchev–Trinajstić information content (AvgIpc) is 2.87. The molecule has 0 spiro atoms. The van der Waals surface area contributed by atoms with Crippen molar-refractivity contribution in [2.75, 3.05) is 32.8 Å². The third-order valence-corrected chi connectivity index (χ3v) is 5.31. The van der Waals surface area contributed by atoms with E-state index in [0.717, 1.165) is 41.8 Å². The molecule has 0 radical (unpaired) electrons. The maximum absolute atomic E-state index is 12.4. The first kappa shape index (κ1) is 18.4. The standard InChI is InChI=1S/C17H29N3O2S/c1-11(2)9-20-6-7-22-14(10-20)8-18-16(21)15-13(5)19-17(23-15)12(3)4/h11-12,14H,6-10H2,1-5H3,(H,18,21)/t14-/m0/s1. The summed E-state index contributed by atoms with van der Waals surface area (Å²) >= 11 is 1.50. The van der Waals surface area contributed by atoms with Crippen molar-refractivity contribution < 1.29 is 9.53 Å². The summed E-state index contributed by atoms with van der Waals surface area (Å²) in [7, 11) is 0. The molecule has 0 aromatic carbocycles. The Labute approximate surface area is 143 Å². The molecule has 1 aliphatic rings. The number of amides is 1. The molecule has 2 rings (SSSR count). The number of rotatable bonds is 6. The van der Waals surface area contributed by atoms with Gasteiger partial charge in [-0.3, -0.25) is 9.69 Å². The summed E-state index contributed by atoms with van der Waals surface area (Å²) in [6.45, 7) is 14.8. The first-order chi connectivity index (χ1) is 10.9. The van der Waals surface area contributed by atoms with Crippen molar-refractivity contribution in [2.24, 2.45) is 5.92 Å². The number of hydrogen-bond acceptors (Lipinski definition) is 5. The summed E-state index contributed by atoms with van der Waals surface area (Å²) in [5.74, 6) is 0.973. The van der Waals surface area contributed by atoms with Crippen LogP contribution in [0.15, 0.2) is 0 Å². The van der Waals surface area contributed by atoms with E-state index in [4.69, 9.17) is 4.74 Å². The van der Waals surface area contributed by atoms with E-state index in [1.165, 1.54) is 11.3 Å². The van der Waals surface area contributed by atoms with Crippen LogP contribution >= 0.6 is 11.3 Å². The van der Waals surface area contributed by atoms with Crippen molar-refractivity contribution in [3.8, 4) is 0 Å². The van der Waals surface area contributed by atoms with Crippen LogP contribution in [0, 0.1) is 12.8 Å². The predicted octanol–water partition coefficient (Wildman–Crippen LogP) is 2.66. The van der Waals surface area contributed by atoms with Gasteiger partial charge in [0, 0.05) is 32.1 Å². The van der Waals surface area contributed by atoms with E-state index in [1.807, 2.05) is 6.92 Å². The van der Waals surface area contributed by atoms with E-state index in [9.17, 15) is 4.79 Å². The van der Waals surface area contributed by atoms with Gasteiger partial charge in [0.1, 0.15) is 4.88 Å². The van der Waals surface area contributed by atoms with Gasteiger partial charge in [0.05, 0.1) is 23.4 Å². The summed E-state index contributed by atoms with van der Waals surface area (Å²) in [6, 6.07) is 0. The van der Waals surface area contributed by atoms with Gasteiger partial charge in [0.2, 0.25) is 0 Å². The van der Waals surface area contributed by atoms with Gasteiger partial charge >= 0.3 is 0 Å². The third kappa shape index (κ3) is 5.26. The largest absolute Gasteiger partial charge is 0.374 e. The monoisotopic (exact) mass is 339 g/mol. The summed E-state index contributed by atoms with van der Waals surface area (Å²) in [6.07, 6.45) is 0.0734. The molecule has 1 atom stereocenters. The summed E-state index contributed by atoms with van der Waals surface area (Å²) < 4.78 is 5.78. The molecule has 5 nitrogen and oxygen atoms in total. The highest BCUT2D eigenvalue weighted by Crippen LogP contribution is 2.24.